The van der Waals surface area contributed by atoms with Crippen molar-refractivity contribution in [3.05, 3.63) is 48.0 Å². The predicted molar refractivity (Wildman–Crippen MR) is 104 cm³/mol. The molecule has 0 radical (unpaired) electrons. The van der Waals surface area contributed by atoms with Crippen LogP contribution < -0.4 is 16.0 Å². The van der Waals surface area contributed by atoms with Crippen molar-refractivity contribution in [2.24, 2.45) is 0 Å². The number of alkyl halides is 6. The fraction of sp³-hybridized carbons (Fsp3) is 0.333. The molecular formula is C15H13Cl6N3. The molecule has 9 heteroatoms. The summed E-state index contributed by atoms with van der Waals surface area (Å²) in [7, 11) is 0. The molecule has 130 valence electrons. The monoisotopic (exact) mass is 445 g/mol. The molecule has 1 aliphatic rings. The number of fused-ring (bicyclic) bond motifs is 1. The van der Waals surface area contributed by atoms with E-state index >= 15 is 0 Å². The van der Waals surface area contributed by atoms with Gasteiger partial charge in [-0.05, 0) is 22.4 Å². The lowest BCUT2D eigenvalue weighted by Crippen LogP contribution is -2.70. The molecule has 1 fully saturated rings. The zero-order valence-corrected chi connectivity index (χ0v) is 16.6. The van der Waals surface area contributed by atoms with Gasteiger partial charge in [0.15, 0.2) is 0 Å². The second kappa shape index (κ2) is 7.15. The third-order valence-corrected chi connectivity index (χ3v) is 5.07. The molecule has 0 bridgehead atoms. The molecule has 0 spiro atoms. The Morgan fingerprint density at radius 3 is 1.75 bits per heavy atom. The van der Waals surface area contributed by atoms with Gasteiger partial charge in [0.1, 0.15) is 12.3 Å². The Balaban J connectivity index is 1.94. The maximum atomic E-state index is 6.02. The molecule has 0 amide bonds. The zero-order chi connectivity index (χ0) is 17.5. The van der Waals surface area contributed by atoms with E-state index in [0.717, 1.165) is 16.3 Å². The molecule has 3 nitrogen and oxygen atoms in total. The van der Waals surface area contributed by atoms with E-state index in [2.05, 4.69) is 16.0 Å². The first-order valence-electron chi connectivity index (χ1n) is 7.05. The van der Waals surface area contributed by atoms with E-state index in [1.165, 1.54) is 0 Å². The molecule has 2 aromatic carbocycles. The van der Waals surface area contributed by atoms with Crippen molar-refractivity contribution >= 4 is 80.4 Å². The van der Waals surface area contributed by atoms with E-state index in [1.807, 2.05) is 42.5 Å². The van der Waals surface area contributed by atoms with Gasteiger partial charge in [0.05, 0.1) is 6.17 Å². The van der Waals surface area contributed by atoms with Crippen LogP contribution >= 0.6 is 69.6 Å². The summed E-state index contributed by atoms with van der Waals surface area (Å²) >= 11 is 36.1. The Morgan fingerprint density at radius 2 is 1.21 bits per heavy atom. The Labute approximate surface area is 169 Å². The van der Waals surface area contributed by atoms with Crippen LogP contribution in [0.5, 0.6) is 0 Å². The number of rotatable bonds is 1. The molecule has 0 aliphatic carbocycles. The molecule has 3 rings (SSSR count). The SMILES string of the molecule is ClC(Cl)(Cl)C1NC(c2ccc3ccccc3c2)NC(C(Cl)(Cl)Cl)N1. The summed E-state index contributed by atoms with van der Waals surface area (Å²) in [6.45, 7) is 0. The zero-order valence-electron chi connectivity index (χ0n) is 12.0. The van der Waals surface area contributed by atoms with Gasteiger partial charge in [-0.1, -0.05) is 106 Å². The predicted octanol–water partition coefficient (Wildman–Crippen LogP) is 5.01. The van der Waals surface area contributed by atoms with Gasteiger partial charge >= 0.3 is 0 Å². The highest BCUT2D eigenvalue weighted by atomic mass is 35.6. The lowest BCUT2D eigenvalue weighted by Gasteiger charge is -2.43. The van der Waals surface area contributed by atoms with Crippen molar-refractivity contribution in [3.63, 3.8) is 0 Å². The Bertz CT molecular complexity index is 705. The van der Waals surface area contributed by atoms with E-state index in [9.17, 15) is 0 Å². The largest absolute Gasteiger partial charge is 0.279 e. The lowest BCUT2D eigenvalue weighted by molar-refractivity contribution is 0.203. The second-order valence-corrected chi connectivity index (χ2v) is 10.2. The minimum atomic E-state index is -1.62. The van der Waals surface area contributed by atoms with Crippen LogP contribution in [0.4, 0.5) is 0 Å². The molecule has 24 heavy (non-hydrogen) atoms. The van der Waals surface area contributed by atoms with Gasteiger partial charge in [-0.15, -0.1) is 0 Å². The molecule has 2 unspecified atom stereocenters. The number of hydrogen-bond acceptors (Lipinski definition) is 3. The molecule has 2 aromatic rings. The smallest absolute Gasteiger partial charge is 0.218 e. The van der Waals surface area contributed by atoms with Crippen LogP contribution in [0.25, 0.3) is 10.8 Å². The first kappa shape index (κ1) is 19.1. The van der Waals surface area contributed by atoms with E-state index in [1.54, 1.807) is 0 Å². The Morgan fingerprint density at radius 1 is 0.667 bits per heavy atom. The van der Waals surface area contributed by atoms with Crippen molar-refractivity contribution in [2.45, 2.75) is 26.1 Å². The Kier molecular flexibility index (Phi) is 5.68. The van der Waals surface area contributed by atoms with E-state index in [0.29, 0.717) is 0 Å². The average Bonchev–Trinajstić information content (AvgIpc) is 2.52. The van der Waals surface area contributed by atoms with Gasteiger partial charge in [-0.3, -0.25) is 16.0 Å². The molecule has 1 saturated heterocycles. The highest BCUT2D eigenvalue weighted by molar-refractivity contribution is 6.68. The van der Waals surface area contributed by atoms with Crippen LogP contribution in [0.3, 0.4) is 0 Å². The fourth-order valence-corrected chi connectivity index (χ4v) is 3.36. The highest BCUT2D eigenvalue weighted by Gasteiger charge is 2.45. The van der Waals surface area contributed by atoms with Crippen LogP contribution in [0.15, 0.2) is 42.5 Å². The molecule has 3 N–H and O–H groups in total. The van der Waals surface area contributed by atoms with Gasteiger partial charge in [-0.25, -0.2) is 0 Å². The first-order valence-corrected chi connectivity index (χ1v) is 9.32. The maximum Gasteiger partial charge on any atom is 0.218 e. The van der Waals surface area contributed by atoms with Gasteiger partial charge in [0, 0.05) is 0 Å². The molecule has 1 aliphatic heterocycles. The first-order chi connectivity index (χ1) is 11.1. The standard InChI is InChI=1S/C15H13Cl6N3/c16-14(17,18)12-22-11(23-13(24-12)15(19,20)21)10-6-5-8-3-1-2-4-9(8)7-10/h1-7,11-13,22-24H. The van der Waals surface area contributed by atoms with E-state index < -0.39 is 19.9 Å². The average molecular weight is 448 g/mol. The van der Waals surface area contributed by atoms with Crippen LogP contribution in [-0.2, 0) is 0 Å². The number of halogens is 6. The minimum absolute atomic E-state index is 0.364. The fourth-order valence-electron chi connectivity index (χ4n) is 2.60. The molecule has 0 aromatic heterocycles. The number of hydrogen-bond donors (Lipinski definition) is 3. The summed E-state index contributed by atoms with van der Waals surface area (Å²) in [6, 6.07) is 14.1. The molecule has 1 heterocycles. The van der Waals surface area contributed by atoms with Crippen LogP contribution in [0.2, 0.25) is 0 Å². The molecule has 2 atom stereocenters. The summed E-state index contributed by atoms with van der Waals surface area (Å²) in [5.41, 5.74) is 0.939. The summed E-state index contributed by atoms with van der Waals surface area (Å²) in [6.07, 6.45) is -1.78. The van der Waals surface area contributed by atoms with Crippen molar-refractivity contribution in [2.75, 3.05) is 0 Å². The van der Waals surface area contributed by atoms with Crippen molar-refractivity contribution in [1.82, 2.24) is 16.0 Å². The third kappa shape index (κ3) is 4.35. The maximum absolute atomic E-state index is 6.02. The lowest BCUT2D eigenvalue weighted by atomic mass is 10.0. The number of nitrogens with one attached hydrogen (secondary N) is 3. The highest BCUT2D eigenvalue weighted by Crippen LogP contribution is 2.37. The van der Waals surface area contributed by atoms with Gasteiger partial charge in [0.2, 0.25) is 7.59 Å². The number of benzene rings is 2. The Hall–Kier alpha value is 0.320. The van der Waals surface area contributed by atoms with E-state index in [-0.39, 0.29) is 6.17 Å². The molecule has 0 saturated carbocycles. The molecular weight excluding hydrogens is 435 g/mol. The summed E-state index contributed by atoms with van der Waals surface area (Å²) in [5, 5.41) is 11.5. The van der Waals surface area contributed by atoms with Crippen molar-refractivity contribution in [1.29, 1.82) is 0 Å². The summed E-state index contributed by atoms with van der Waals surface area (Å²) < 4.78 is -3.24. The quantitative estimate of drug-likeness (QED) is 0.537. The van der Waals surface area contributed by atoms with Crippen LogP contribution in [0.1, 0.15) is 11.7 Å². The van der Waals surface area contributed by atoms with Crippen molar-refractivity contribution in [3.8, 4) is 0 Å². The topological polar surface area (TPSA) is 36.1 Å². The van der Waals surface area contributed by atoms with Gasteiger partial charge in [0.25, 0.3) is 0 Å². The third-order valence-electron chi connectivity index (χ3n) is 3.76. The normalized spacial score (nSPS) is 25.8. The summed E-state index contributed by atoms with van der Waals surface area (Å²) in [4.78, 5) is 0. The second-order valence-electron chi connectivity index (χ2n) is 5.49. The van der Waals surface area contributed by atoms with Gasteiger partial charge < -0.3 is 0 Å². The minimum Gasteiger partial charge on any atom is -0.279 e. The van der Waals surface area contributed by atoms with Crippen LogP contribution in [-0.4, -0.2) is 19.9 Å². The van der Waals surface area contributed by atoms with Gasteiger partial charge in [-0.2, -0.15) is 0 Å². The summed E-state index contributed by atoms with van der Waals surface area (Å²) in [5.74, 6) is 0. The van der Waals surface area contributed by atoms with E-state index in [4.69, 9.17) is 69.6 Å². The van der Waals surface area contributed by atoms with Crippen LogP contribution in [0, 0.1) is 0 Å². The van der Waals surface area contributed by atoms with Crippen molar-refractivity contribution < 1.29 is 0 Å².